The summed E-state index contributed by atoms with van der Waals surface area (Å²) in [5.74, 6) is 0. The van der Waals surface area contributed by atoms with Gasteiger partial charge in [0.05, 0.1) is 12.1 Å². The third-order valence-electron chi connectivity index (χ3n) is 3.92. The number of aliphatic hydroxyl groups is 1. The van der Waals surface area contributed by atoms with Gasteiger partial charge in [-0.15, -0.1) is 0 Å². The maximum Gasteiger partial charge on any atom is 0.137 e. The van der Waals surface area contributed by atoms with Gasteiger partial charge < -0.3 is 5.11 Å². The molecule has 0 unspecified atom stereocenters. The van der Waals surface area contributed by atoms with E-state index < -0.39 is 6.10 Å². The summed E-state index contributed by atoms with van der Waals surface area (Å²) in [6, 6.07) is 14.7. The first-order valence-electron chi connectivity index (χ1n) is 7.24. The Hall–Kier alpha value is -2.20. The molecule has 0 radical (unpaired) electrons. The largest absolute Gasteiger partial charge is 0.391 e. The lowest BCUT2D eigenvalue weighted by Crippen LogP contribution is -2.22. The lowest BCUT2D eigenvalue weighted by Gasteiger charge is -2.20. The van der Waals surface area contributed by atoms with Crippen LogP contribution in [0.1, 0.15) is 24.9 Å². The lowest BCUT2D eigenvalue weighted by atomic mass is 9.97. The number of hydrogen-bond donors (Lipinski definition) is 1. The number of rotatable bonds is 5. The van der Waals surface area contributed by atoms with Crippen molar-refractivity contribution >= 4 is 10.8 Å². The third kappa shape index (κ3) is 2.95. The molecule has 0 fully saturated rings. The van der Waals surface area contributed by atoms with Gasteiger partial charge in [-0.25, -0.2) is 9.67 Å². The van der Waals surface area contributed by atoms with E-state index in [1.54, 1.807) is 17.9 Å². The van der Waals surface area contributed by atoms with Crippen LogP contribution in [0.15, 0.2) is 55.1 Å². The van der Waals surface area contributed by atoms with Gasteiger partial charge in [0.25, 0.3) is 0 Å². The van der Waals surface area contributed by atoms with Crippen LogP contribution in [0.3, 0.4) is 0 Å². The Morgan fingerprint density at radius 1 is 1.14 bits per heavy atom. The van der Waals surface area contributed by atoms with Gasteiger partial charge in [-0.2, -0.15) is 5.10 Å². The highest BCUT2D eigenvalue weighted by atomic mass is 16.3. The third-order valence-corrected chi connectivity index (χ3v) is 3.92. The minimum atomic E-state index is -0.457. The predicted molar refractivity (Wildman–Crippen MR) is 83.0 cm³/mol. The molecule has 4 heteroatoms. The zero-order valence-corrected chi connectivity index (χ0v) is 12.1. The van der Waals surface area contributed by atoms with E-state index in [0.29, 0.717) is 0 Å². The molecule has 3 rings (SSSR count). The van der Waals surface area contributed by atoms with Gasteiger partial charge in [-0.1, -0.05) is 42.5 Å². The number of hydrogen-bond acceptors (Lipinski definition) is 3. The molecule has 1 aromatic heterocycles. The summed E-state index contributed by atoms with van der Waals surface area (Å²) < 4.78 is 1.75. The molecule has 0 aliphatic carbocycles. The van der Waals surface area contributed by atoms with Crippen molar-refractivity contribution in [3.05, 3.63) is 60.7 Å². The molecule has 0 aliphatic rings. The Bertz CT molecular complexity index is 702. The van der Waals surface area contributed by atoms with Crippen LogP contribution in [0, 0.1) is 0 Å². The molecule has 0 amide bonds. The second-order valence-electron chi connectivity index (χ2n) is 5.36. The van der Waals surface area contributed by atoms with Gasteiger partial charge in [-0.3, -0.25) is 0 Å². The maximum atomic E-state index is 9.99. The first kappa shape index (κ1) is 13.8. The van der Waals surface area contributed by atoms with Crippen molar-refractivity contribution in [1.29, 1.82) is 0 Å². The van der Waals surface area contributed by atoms with E-state index in [1.165, 1.54) is 22.7 Å². The molecule has 3 aromatic rings. The van der Waals surface area contributed by atoms with Crippen LogP contribution in [0.2, 0.25) is 0 Å². The molecule has 0 spiro atoms. The Morgan fingerprint density at radius 2 is 1.95 bits per heavy atom. The zero-order valence-electron chi connectivity index (χ0n) is 12.1. The molecule has 1 heterocycles. The van der Waals surface area contributed by atoms with Crippen molar-refractivity contribution in [3.63, 3.8) is 0 Å². The summed E-state index contributed by atoms with van der Waals surface area (Å²) in [6.07, 6.45) is 4.45. The number of fused-ring (bicyclic) bond motifs is 1. The maximum absolute atomic E-state index is 9.99. The molecule has 2 atom stereocenters. The predicted octanol–water partition coefficient (Wildman–Crippen LogP) is 2.99. The van der Waals surface area contributed by atoms with E-state index >= 15 is 0 Å². The van der Waals surface area contributed by atoms with E-state index in [2.05, 4.69) is 52.5 Å². The van der Waals surface area contributed by atoms with Gasteiger partial charge in [0.2, 0.25) is 0 Å². The van der Waals surface area contributed by atoms with Crippen LogP contribution in [-0.2, 0) is 6.42 Å². The van der Waals surface area contributed by atoms with Crippen LogP contribution < -0.4 is 0 Å². The van der Waals surface area contributed by atoms with Crippen LogP contribution in [0.5, 0.6) is 0 Å². The Labute approximate surface area is 124 Å². The van der Waals surface area contributed by atoms with E-state index in [4.69, 9.17) is 0 Å². The Kier molecular flexibility index (Phi) is 3.97. The van der Waals surface area contributed by atoms with Crippen LogP contribution >= 0.6 is 0 Å². The zero-order chi connectivity index (χ0) is 14.7. The van der Waals surface area contributed by atoms with Gasteiger partial charge in [0.1, 0.15) is 12.7 Å². The summed E-state index contributed by atoms with van der Waals surface area (Å²) in [7, 11) is 0. The standard InChI is InChI=1S/C17H19N3O/c1-13(21)17(20-12-18-11-19-20)10-9-15-7-4-6-14-5-2-3-8-16(14)15/h2-8,11-13,17,21H,9-10H2,1H3/t13-,17+/m0/s1. The number of aliphatic hydroxyl groups excluding tert-OH is 1. The summed E-state index contributed by atoms with van der Waals surface area (Å²) >= 11 is 0. The smallest absolute Gasteiger partial charge is 0.137 e. The molecular weight excluding hydrogens is 262 g/mol. The lowest BCUT2D eigenvalue weighted by molar-refractivity contribution is 0.117. The molecule has 0 aliphatic heterocycles. The fourth-order valence-corrected chi connectivity index (χ4v) is 2.80. The second kappa shape index (κ2) is 6.06. The van der Waals surface area contributed by atoms with Crippen molar-refractivity contribution in [3.8, 4) is 0 Å². The number of nitrogens with zero attached hydrogens (tertiary/aromatic N) is 3. The molecule has 1 N–H and O–H groups in total. The van der Waals surface area contributed by atoms with E-state index in [0.717, 1.165) is 12.8 Å². The Balaban J connectivity index is 1.82. The van der Waals surface area contributed by atoms with Crippen molar-refractivity contribution < 1.29 is 5.11 Å². The van der Waals surface area contributed by atoms with Gasteiger partial charge >= 0.3 is 0 Å². The number of aryl methyl sites for hydroxylation is 1. The number of aromatic nitrogens is 3. The highest BCUT2D eigenvalue weighted by molar-refractivity contribution is 5.85. The van der Waals surface area contributed by atoms with Crippen molar-refractivity contribution in [2.75, 3.05) is 0 Å². The van der Waals surface area contributed by atoms with Crippen molar-refractivity contribution in [2.24, 2.45) is 0 Å². The molecular formula is C17H19N3O. The summed E-state index contributed by atoms with van der Waals surface area (Å²) in [4.78, 5) is 3.97. The average molecular weight is 281 g/mol. The first-order chi connectivity index (χ1) is 10.3. The normalized spacial score (nSPS) is 14.2. The van der Waals surface area contributed by atoms with Crippen molar-refractivity contribution in [1.82, 2.24) is 14.8 Å². The van der Waals surface area contributed by atoms with Crippen LogP contribution in [-0.4, -0.2) is 26.0 Å². The fourth-order valence-electron chi connectivity index (χ4n) is 2.80. The Morgan fingerprint density at radius 3 is 2.71 bits per heavy atom. The molecule has 108 valence electrons. The summed E-state index contributed by atoms with van der Waals surface area (Å²) in [6.45, 7) is 1.80. The summed E-state index contributed by atoms with van der Waals surface area (Å²) in [5.41, 5.74) is 1.30. The second-order valence-corrected chi connectivity index (χ2v) is 5.36. The SMILES string of the molecule is C[C@H](O)[C@@H](CCc1cccc2ccccc12)n1cncn1. The highest BCUT2D eigenvalue weighted by Gasteiger charge is 2.18. The van der Waals surface area contributed by atoms with E-state index in [9.17, 15) is 5.11 Å². The van der Waals surface area contributed by atoms with Gasteiger partial charge in [0, 0.05) is 0 Å². The fraction of sp³-hybridized carbons (Fsp3) is 0.294. The molecule has 2 aromatic carbocycles. The molecule has 4 nitrogen and oxygen atoms in total. The van der Waals surface area contributed by atoms with Crippen LogP contribution in [0.4, 0.5) is 0 Å². The summed E-state index contributed by atoms with van der Waals surface area (Å²) in [5, 5.41) is 16.7. The minimum absolute atomic E-state index is 0.0496. The van der Waals surface area contributed by atoms with Crippen LogP contribution in [0.25, 0.3) is 10.8 Å². The monoisotopic (exact) mass is 281 g/mol. The molecule has 0 bridgehead atoms. The molecule has 21 heavy (non-hydrogen) atoms. The van der Waals surface area contributed by atoms with Gasteiger partial charge in [-0.05, 0) is 36.1 Å². The van der Waals surface area contributed by atoms with E-state index in [-0.39, 0.29) is 6.04 Å². The molecule has 0 saturated heterocycles. The van der Waals surface area contributed by atoms with Crippen molar-refractivity contribution in [2.45, 2.75) is 31.9 Å². The van der Waals surface area contributed by atoms with E-state index in [1.807, 2.05) is 0 Å². The minimum Gasteiger partial charge on any atom is -0.391 e. The number of benzene rings is 2. The first-order valence-corrected chi connectivity index (χ1v) is 7.24. The molecule has 0 saturated carbocycles. The average Bonchev–Trinajstić information content (AvgIpc) is 3.01. The quantitative estimate of drug-likeness (QED) is 0.782. The van der Waals surface area contributed by atoms with Gasteiger partial charge in [0.15, 0.2) is 0 Å². The highest BCUT2D eigenvalue weighted by Crippen LogP contribution is 2.23. The topological polar surface area (TPSA) is 50.9 Å².